The van der Waals surface area contributed by atoms with E-state index in [0.717, 1.165) is 9.47 Å². The van der Waals surface area contributed by atoms with E-state index in [4.69, 9.17) is 0 Å². The highest BCUT2D eigenvalue weighted by Gasteiger charge is 2.12. The van der Waals surface area contributed by atoms with E-state index in [1.54, 1.807) is 11.9 Å². The monoisotopic (exact) mass is 289 g/mol. The summed E-state index contributed by atoms with van der Waals surface area (Å²) in [6.45, 7) is 1.50. The zero-order valence-corrected chi connectivity index (χ0v) is 11.0. The summed E-state index contributed by atoms with van der Waals surface area (Å²) in [6, 6.07) is 1.89. The number of carbonyl (C=O) groups excluding carboxylic acids is 2. The Balaban J connectivity index is 2.56. The molecule has 3 nitrogen and oxygen atoms in total. The van der Waals surface area contributed by atoms with Gasteiger partial charge in [-0.15, -0.1) is 11.3 Å². The third-order valence-corrected chi connectivity index (χ3v) is 3.72. The first-order chi connectivity index (χ1) is 7.00. The summed E-state index contributed by atoms with van der Waals surface area (Å²) < 4.78 is 0.966. The van der Waals surface area contributed by atoms with Crippen LogP contribution in [-0.4, -0.2) is 18.7 Å². The molecule has 1 amide bonds. The van der Waals surface area contributed by atoms with Crippen LogP contribution in [0.2, 0.25) is 0 Å². The van der Waals surface area contributed by atoms with E-state index in [1.807, 2.05) is 11.4 Å². The van der Waals surface area contributed by atoms with Crippen LogP contribution in [0.15, 0.2) is 15.9 Å². The molecule has 0 aliphatic rings. The number of carbonyl (C=O) groups is 2. The fourth-order valence-electron chi connectivity index (χ4n) is 1.05. The van der Waals surface area contributed by atoms with Gasteiger partial charge in [-0.05, 0) is 28.9 Å². The normalized spacial score (nSPS) is 10.1. The molecule has 5 heteroatoms. The summed E-state index contributed by atoms with van der Waals surface area (Å²) in [7, 11) is 1.72. The fourth-order valence-corrected chi connectivity index (χ4v) is 2.46. The van der Waals surface area contributed by atoms with Crippen molar-refractivity contribution in [2.75, 3.05) is 11.9 Å². The predicted octanol–water partition coefficient (Wildman–Crippen LogP) is 2.84. The van der Waals surface area contributed by atoms with Gasteiger partial charge >= 0.3 is 0 Å². The van der Waals surface area contributed by atoms with Crippen molar-refractivity contribution < 1.29 is 9.59 Å². The maximum Gasteiger partial charge on any atom is 0.227 e. The predicted molar refractivity (Wildman–Crippen MR) is 65.3 cm³/mol. The van der Waals surface area contributed by atoms with Crippen molar-refractivity contribution in [3.8, 4) is 0 Å². The average molecular weight is 290 g/mol. The molecule has 0 bridgehead atoms. The SMILES string of the molecule is CC(=O)CCC(=O)N(C)c1cc(Br)cs1. The van der Waals surface area contributed by atoms with Gasteiger partial charge in [0, 0.05) is 29.7 Å². The minimum atomic E-state index is -0.0282. The standard InChI is InChI=1S/C10H12BrNO2S/c1-7(13)3-4-9(14)12(2)10-5-8(11)6-15-10/h5-6H,3-4H2,1-2H3. The molecule has 1 aromatic heterocycles. The van der Waals surface area contributed by atoms with Crippen LogP contribution in [0, 0.1) is 0 Å². The second-order valence-electron chi connectivity index (χ2n) is 3.26. The van der Waals surface area contributed by atoms with Gasteiger partial charge in [0.15, 0.2) is 0 Å². The number of thiophene rings is 1. The molecule has 0 aliphatic carbocycles. The van der Waals surface area contributed by atoms with Crippen LogP contribution in [0.5, 0.6) is 0 Å². The molecule has 1 heterocycles. The van der Waals surface area contributed by atoms with Crippen molar-refractivity contribution >= 4 is 44.0 Å². The van der Waals surface area contributed by atoms with E-state index < -0.39 is 0 Å². The second-order valence-corrected chi connectivity index (χ2v) is 5.06. The molecule has 1 rings (SSSR count). The summed E-state index contributed by atoms with van der Waals surface area (Å²) in [4.78, 5) is 23.9. The highest BCUT2D eigenvalue weighted by Crippen LogP contribution is 2.27. The topological polar surface area (TPSA) is 37.4 Å². The number of rotatable bonds is 4. The van der Waals surface area contributed by atoms with Crippen molar-refractivity contribution in [2.45, 2.75) is 19.8 Å². The minimum Gasteiger partial charge on any atom is -0.307 e. The first kappa shape index (κ1) is 12.4. The van der Waals surface area contributed by atoms with Crippen LogP contribution in [0.25, 0.3) is 0 Å². The molecule has 0 spiro atoms. The Labute approximate surface area is 101 Å². The molecule has 0 aliphatic heterocycles. The quantitative estimate of drug-likeness (QED) is 0.855. The molecule has 1 aromatic rings. The maximum absolute atomic E-state index is 11.6. The number of anilines is 1. The number of amides is 1. The Hall–Kier alpha value is -0.680. The second kappa shape index (κ2) is 5.42. The molecule has 0 fully saturated rings. The molecule has 0 atom stereocenters. The summed E-state index contributed by atoms with van der Waals surface area (Å²) >= 11 is 4.82. The van der Waals surface area contributed by atoms with Crippen LogP contribution in [0.3, 0.4) is 0 Å². The Morgan fingerprint density at radius 2 is 2.13 bits per heavy atom. The van der Waals surface area contributed by atoms with Crippen LogP contribution < -0.4 is 4.90 Å². The van der Waals surface area contributed by atoms with Gasteiger partial charge in [-0.2, -0.15) is 0 Å². The Bertz CT molecular complexity index is 375. The lowest BCUT2D eigenvalue weighted by Crippen LogP contribution is -2.25. The van der Waals surface area contributed by atoms with Gasteiger partial charge in [0.1, 0.15) is 5.78 Å². The van der Waals surface area contributed by atoms with Crippen LogP contribution in [0.4, 0.5) is 5.00 Å². The molecule has 0 radical (unpaired) electrons. The lowest BCUT2D eigenvalue weighted by molar-refractivity contribution is -0.122. The van der Waals surface area contributed by atoms with E-state index in [9.17, 15) is 9.59 Å². The van der Waals surface area contributed by atoms with Gasteiger partial charge < -0.3 is 9.69 Å². The van der Waals surface area contributed by atoms with Gasteiger partial charge in [-0.1, -0.05) is 0 Å². The molecule has 0 aromatic carbocycles. The van der Waals surface area contributed by atoms with Crippen molar-refractivity contribution in [3.63, 3.8) is 0 Å². The van der Waals surface area contributed by atoms with E-state index in [2.05, 4.69) is 15.9 Å². The molecule has 0 unspecified atom stereocenters. The zero-order chi connectivity index (χ0) is 11.4. The molecular weight excluding hydrogens is 278 g/mol. The Morgan fingerprint density at radius 3 is 2.60 bits per heavy atom. The van der Waals surface area contributed by atoms with Gasteiger partial charge in [-0.3, -0.25) is 4.79 Å². The number of halogens is 1. The van der Waals surface area contributed by atoms with Crippen LogP contribution >= 0.6 is 27.3 Å². The maximum atomic E-state index is 11.6. The van der Waals surface area contributed by atoms with Gasteiger partial charge in [0.05, 0.1) is 5.00 Å². The van der Waals surface area contributed by atoms with Crippen molar-refractivity contribution in [3.05, 3.63) is 15.9 Å². The molecule has 15 heavy (non-hydrogen) atoms. The van der Waals surface area contributed by atoms with E-state index in [-0.39, 0.29) is 18.1 Å². The number of Topliss-reactive ketones (excluding diaryl/α,β-unsaturated/α-hetero) is 1. The van der Waals surface area contributed by atoms with E-state index in [0.29, 0.717) is 6.42 Å². The summed E-state index contributed by atoms with van der Waals surface area (Å²) in [5, 5.41) is 2.81. The minimum absolute atomic E-state index is 0.0282. The molecule has 82 valence electrons. The molecule has 0 N–H and O–H groups in total. The third kappa shape index (κ3) is 3.76. The van der Waals surface area contributed by atoms with Crippen LogP contribution in [-0.2, 0) is 9.59 Å². The van der Waals surface area contributed by atoms with Crippen molar-refractivity contribution in [1.82, 2.24) is 0 Å². The first-order valence-electron chi connectivity index (χ1n) is 4.50. The fraction of sp³-hybridized carbons (Fsp3) is 0.400. The van der Waals surface area contributed by atoms with Crippen LogP contribution in [0.1, 0.15) is 19.8 Å². The number of ketones is 1. The lowest BCUT2D eigenvalue weighted by Gasteiger charge is -2.14. The van der Waals surface area contributed by atoms with Gasteiger partial charge in [-0.25, -0.2) is 0 Å². The van der Waals surface area contributed by atoms with Gasteiger partial charge in [0.2, 0.25) is 5.91 Å². The summed E-state index contributed by atoms with van der Waals surface area (Å²) in [5.74, 6) is 0.0173. The Morgan fingerprint density at radius 1 is 1.47 bits per heavy atom. The highest BCUT2D eigenvalue weighted by molar-refractivity contribution is 9.10. The number of hydrogen-bond donors (Lipinski definition) is 0. The van der Waals surface area contributed by atoms with E-state index in [1.165, 1.54) is 18.3 Å². The van der Waals surface area contributed by atoms with Crippen molar-refractivity contribution in [1.29, 1.82) is 0 Å². The smallest absolute Gasteiger partial charge is 0.227 e. The Kier molecular flexibility index (Phi) is 4.47. The largest absolute Gasteiger partial charge is 0.307 e. The summed E-state index contributed by atoms with van der Waals surface area (Å²) in [6.07, 6.45) is 0.594. The first-order valence-corrected chi connectivity index (χ1v) is 6.18. The van der Waals surface area contributed by atoms with E-state index >= 15 is 0 Å². The third-order valence-electron chi connectivity index (χ3n) is 1.95. The molecular formula is C10H12BrNO2S. The highest BCUT2D eigenvalue weighted by atomic mass is 79.9. The average Bonchev–Trinajstić information content (AvgIpc) is 2.60. The number of hydrogen-bond acceptors (Lipinski definition) is 3. The summed E-state index contributed by atoms with van der Waals surface area (Å²) in [5.41, 5.74) is 0. The van der Waals surface area contributed by atoms with Crippen molar-refractivity contribution in [2.24, 2.45) is 0 Å². The lowest BCUT2D eigenvalue weighted by atomic mass is 10.2. The van der Waals surface area contributed by atoms with Gasteiger partial charge in [0.25, 0.3) is 0 Å². The molecule has 0 saturated carbocycles. The number of nitrogens with zero attached hydrogens (tertiary/aromatic N) is 1. The zero-order valence-electron chi connectivity index (χ0n) is 8.62. The molecule has 0 saturated heterocycles.